The summed E-state index contributed by atoms with van der Waals surface area (Å²) in [4.78, 5) is 65.4. The standard InChI is InChI=1S/C25H26N6O6S3.Na/c1-4-8-16(32)30(3)24(37)27-17(14-9-6-5-7-10-14)20(33)26-18-21(34)31-19(23(35)36)15(11-38-22(18)31)12-39-25-29-28-13(2)40-25;/h4-10,17-18,22H,11-12H2,1-3H3,(H,26,33)(H,27,37)(H,35,36);/q;+1/p-1/b8-4+;/t17?,18?,22-;/m0./s1. The van der Waals surface area contributed by atoms with Crippen molar-refractivity contribution >= 4 is 64.6 Å². The maximum absolute atomic E-state index is 13.4. The number of aromatic nitrogens is 2. The van der Waals surface area contributed by atoms with Crippen LogP contribution in [0.4, 0.5) is 4.79 Å². The number of fused-ring (bicyclic) bond motifs is 1. The van der Waals surface area contributed by atoms with E-state index in [0.29, 0.717) is 27.0 Å². The second kappa shape index (κ2) is 14.5. The van der Waals surface area contributed by atoms with Gasteiger partial charge >= 0.3 is 35.6 Å². The molecule has 2 N–H and O–H groups in total. The van der Waals surface area contributed by atoms with Crippen LogP contribution in [0.3, 0.4) is 0 Å². The van der Waals surface area contributed by atoms with Gasteiger partial charge in [0, 0.05) is 18.6 Å². The zero-order valence-corrected chi connectivity index (χ0v) is 27.1. The number of hydrogen-bond donors (Lipinski definition) is 2. The fraction of sp³-hybridized carbons (Fsp3) is 0.320. The van der Waals surface area contributed by atoms with Crippen molar-refractivity contribution in [2.24, 2.45) is 0 Å². The van der Waals surface area contributed by atoms with E-state index in [2.05, 4.69) is 20.8 Å². The van der Waals surface area contributed by atoms with E-state index in [9.17, 15) is 29.1 Å². The van der Waals surface area contributed by atoms with E-state index in [-0.39, 0.29) is 35.3 Å². The van der Waals surface area contributed by atoms with E-state index in [0.717, 1.165) is 14.8 Å². The van der Waals surface area contributed by atoms with Gasteiger partial charge in [0.05, 0.1) is 11.7 Å². The zero-order chi connectivity index (χ0) is 29.0. The van der Waals surface area contributed by atoms with Gasteiger partial charge in [0.15, 0.2) is 4.34 Å². The topological polar surface area (TPSA) is 165 Å². The normalized spacial score (nSPS) is 18.6. The molecule has 3 heterocycles. The van der Waals surface area contributed by atoms with Crippen LogP contribution in [0.15, 0.2) is 58.1 Å². The van der Waals surface area contributed by atoms with Gasteiger partial charge in [-0.05, 0) is 31.1 Å². The number of thioether (sulfide) groups is 2. The Labute approximate surface area is 270 Å². The van der Waals surface area contributed by atoms with Crippen molar-refractivity contribution in [3.05, 3.63) is 64.3 Å². The minimum atomic E-state index is -1.48. The quantitative estimate of drug-likeness (QED) is 0.136. The molecule has 16 heteroatoms. The third-order valence-electron chi connectivity index (χ3n) is 6.02. The van der Waals surface area contributed by atoms with Crippen LogP contribution in [0.2, 0.25) is 0 Å². The smallest absolute Gasteiger partial charge is 0.543 e. The molecule has 2 unspecified atom stereocenters. The van der Waals surface area contributed by atoms with Crippen molar-refractivity contribution in [1.29, 1.82) is 0 Å². The number of rotatable bonds is 9. The number of likely N-dealkylation sites (N-methyl/N-ethyl adjacent to an activating group) is 1. The molecule has 0 bridgehead atoms. The number of carbonyl (C=O) groups excluding carboxylic acids is 5. The van der Waals surface area contributed by atoms with Gasteiger partial charge in [0.1, 0.15) is 22.5 Å². The molecular weight excluding hydrogens is 600 g/mol. The summed E-state index contributed by atoms with van der Waals surface area (Å²) in [6.07, 6.45) is 2.70. The Hall–Kier alpha value is -2.69. The number of β-lactam (4-membered cyclic amide) rings is 1. The first-order valence-corrected chi connectivity index (χ1v) is 14.8. The molecular formula is C25H25N6NaO6S3. The summed E-state index contributed by atoms with van der Waals surface area (Å²) in [7, 11) is 1.28. The van der Waals surface area contributed by atoms with Gasteiger partial charge in [-0.25, -0.2) is 4.79 Å². The number of hydrogen-bond acceptors (Lipinski definition) is 11. The van der Waals surface area contributed by atoms with Crippen LogP contribution < -0.4 is 45.3 Å². The van der Waals surface area contributed by atoms with E-state index in [4.69, 9.17) is 0 Å². The number of allylic oxidation sites excluding steroid dienone is 1. The Kier molecular flexibility index (Phi) is 11.6. The maximum Gasteiger partial charge on any atom is 1.00 e. The summed E-state index contributed by atoms with van der Waals surface area (Å²) in [5, 5.41) is 25.3. The van der Waals surface area contributed by atoms with Gasteiger partial charge in [0.25, 0.3) is 11.8 Å². The van der Waals surface area contributed by atoms with Gasteiger partial charge < -0.3 is 20.5 Å². The summed E-state index contributed by atoms with van der Waals surface area (Å²) in [5.74, 6) is -2.73. The molecule has 12 nitrogen and oxygen atoms in total. The van der Waals surface area contributed by atoms with Crippen molar-refractivity contribution in [1.82, 2.24) is 30.6 Å². The molecule has 1 aromatic heterocycles. The number of carboxylic acid groups (broad SMARTS) is 1. The van der Waals surface area contributed by atoms with Crippen molar-refractivity contribution in [2.45, 2.75) is 35.6 Å². The van der Waals surface area contributed by atoms with Crippen molar-refractivity contribution in [2.75, 3.05) is 18.6 Å². The Balaban J connectivity index is 0.00000462. The number of urea groups is 1. The van der Waals surface area contributed by atoms with Gasteiger partial charge in [-0.1, -0.05) is 59.5 Å². The van der Waals surface area contributed by atoms with Crippen LogP contribution >= 0.6 is 34.9 Å². The molecule has 1 saturated heterocycles. The average Bonchev–Trinajstić information content (AvgIpc) is 3.37. The minimum absolute atomic E-state index is 0. The van der Waals surface area contributed by atoms with E-state index in [1.165, 1.54) is 54.1 Å². The molecule has 0 aliphatic carbocycles. The molecule has 0 radical (unpaired) electrons. The summed E-state index contributed by atoms with van der Waals surface area (Å²) in [6, 6.07) is 5.32. The van der Waals surface area contributed by atoms with Gasteiger partial charge in [0.2, 0.25) is 5.91 Å². The summed E-state index contributed by atoms with van der Waals surface area (Å²) >= 11 is 4.03. The molecule has 1 fully saturated rings. The molecule has 41 heavy (non-hydrogen) atoms. The number of amides is 5. The molecule has 0 saturated carbocycles. The molecule has 2 aliphatic rings. The van der Waals surface area contributed by atoms with E-state index in [1.807, 2.05) is 6.92 Å². The van der Waals surface area contributed by atoms with Crippen LogP contribution in [-0.2, 0) is 19.2 Å². The minimum Gasteiger partial charge on any atom is -0.543 e. The largest absolute Gasteiger partial charge is 1.00 e. The van der Waals surface area contributed by atoms with Crippen molar-refractivity contribution < 1.29 is 58.6 Å². The number of carboxylic acids is 1. The van der Waals surface area contributed by atoms with Crippen LogP contribution in [0.1, 0.15) is 23.5 Å². The summed E-state index contributed by atoms with van der Waals surface area (Å²) in [5.41, 5.74) is 0.743. The number of aryl methyl sites for hydroxylation is 1. The molecule has 3 atom stereocenters. The van der Waals surface area contributed by atoms with Crippen LogP contribution in [0.5, 0.6) is 0 Å². The average molecular weight is 625 g/mol. The van der Waals surface area contributed by atoms with Crippen LogP contribution in [-0.4, -0.2) is 79.7 Å². The summed E-state index contributed by atoms with van der Waals surface area (Å²) < 4.78 is 0.682. The number of nitrogens with one attached hydrogen (secondary N) is 2. The maximum atomic E-state index is 13.4. The fourth-order valence-electron chi connectivity index (χ4n) is 4.03. The first kappa shape index (κ1) is 32.8. The summed E-state index contributed by atoms with van der Waals surface area (Å²) in [6.45, 7) is 3.45. The molecule has 2 aliphatic heterocycles. The van der Waals surface area contributed by atoms with E-state index >= 15 is 0 Å². The molecule has 4 rings (SSSR count). The Bertz CT molecular complexity index is 1400. The van der Waals surface area contributed by atoms with Crippen LogP contribution in [0, 0.1) is 6.92 Å². The SMILES string of the molecule is C/C=C/C(=O)N(C)C(=O)NC(C(=O)NC1C(=O)N2C(C(=O)[O-])=C(CSc3nnc(C)s3)CS[C@@H]12)c1ccccc1.[Na+]. The molecule has 2 aromatic rings. The van der Waals surface area contributed by atoms with E-state index < -0.39 is 47.2 Å². The zero-order valence-electron chi connectivity index (χ0n) is 22.7. The number of aliphatic carboxylic acids is 1. The third-order valence-corrected chi connectivity index (χ3v) is 9.42. The predicted octanol–water partition coefficient (Wildman–Crippen LogP) is -2.17. The second-order valence-corrected chi connectivity index (χ2v) is 12.2. The van der Waals surface area contributed by atoms with Gasteiger partial charge in [-0.2, -0.15) is 0 Å². The number of nitrogens with zero attached hydrogens (tertiary/aromatic N) is 4. The second-order valence-electron chi connectivity index (χ2n) is 8.70. The van der Waals surface area contributed by atoms with Crippen molar-refractivity contribution in [3.8, 4) is 0 Å². The number of imide groups is 1. The number of carbonyl (C=O) groups is 5. The fourth-order valence-corrected chi connectivity index (χ4v) is 7.33. The van der Waals surface area contributed by atoms with Gasteiger partial charge in [-0.15, -0.1) is 22.0 Å². The van der Waals surface area contributed by atoms with Gasteiger partial charge in [-0.3, -0.25) is 24.2 Å². The van der Waals surface area contributed by atoms with Crippen molar-refractivity contribution in [3.63, 3.8) is 0 Å². The molecule has 1 aromatic carbocycles. The first-order valence-electron chi connectivity index (χ1n) is 12.0. The number of benzene rings is 1. The Morgan fingerprint density at radius 3 is 2.56 bits per heavy atom. The Morgan fingerprint density at radius 1 is 1.24 bits per heavy atom. The van der Waals surface area contributed by atoms with E-state index in [1.54, 1.807) is 37.3 Å². The Morgan fingerprint density at radius 2 is 1.95 bits per heavy atom. The molecule has 0 spiro atoms. The van der Waals surface area contributed by atoms with Crippen LogP contribution in [0.25, 0.3) is 0 Å². The molecule has 5 amide bonds. The molecule has 210 valence electrons. The monoisotopic (exact) mass is 624 g/mol. The predicted molar refractivity (Wildman–Crippen MR) is 148 cm³/mol. The third kappa shape index (κ3) is 7.40. The first-order chi connectivity index (χ1) is 19.1.